The van der Waals surface area contributed by atoms with Crippen molar-refractivity contribution in [1.29, 1.82) is 0 Å². The lowest BCUT2D eigenvalue weighted by Gasteiger charge is -2.25. The molecule has 0 unspecified atom stereocenters. The van der Waals surface area contributed by atoms with Gasteiger partial charge in [-0.25, -0.2) is 8.42 Å². The number of hydrogen-bond acceptors (Lipinski definition) is 4. The molecule has 21 heavy (non-hydrogen) atoms. The number of sulfonamides is 1. The fourth-order valence-electron chi connectivity index (χ4n) is 2.58. The second-order valence-electron chi connectivity index (χ2n) is 5.62. The maximum Gasteiger partial charge on any atom is 0.244 e. The van der Waals surface area contributed by atoms with Crippen LogP contribution < -0.4 is 5.32 Å². The molecule has 0 bridgehead atoms. The van der Waals surface area contributed by atoms with Gasteiger partial charge in [-0.15, -0.1) is 0 Å². The van der Waals surface area contributed by atoms with E-state index >= 15 is 0 Å². The average molecular weight is 329 g/mol. The van der Waals surface area contributed by atoms with Gasteiger partial charge in [0.1, 0.15) is 4.90 Å². The summed E-state index contributed by atoms with van der Waals surface area (Å²) in [5.41, 5.74) is 1.06. The van der Waals surface area contributed by atoms with Crippen LogP contribution in [0.4, 0.5) is 0 Å². The van der Waals surface area contributed by atoms with Gasteiger partial charge in [-0.2, -0.15) is 16.1 Å². The molecule has 1 aliphatic carbocycles. The molecule has 118 valence electrons. The Balaban J connectivity index is 1.79. The van der Waals surface area contributed by atoms with E-state index in [1.54, 1.807) is 10.5 Å². The van der Waals surface area contributed by atoms with Crippen LogP contribution in [0, 0.1) is 0 Å². The Hall–Kier alpha value is -0.500. The fraction of sp³-hybridized carbons (Fsp3) is 0.714. The van der Waals surface area contributed by atoms with E-state index in [-0.39, 0.29) is 0 Å². The molecular weight excluding hydrogens is 306 g/mol. The Morgan fingerprint density at radius 3 is 2.67 bits per heavy atom. The standard InChI is InChI=1S/C14H23N3O2S2/c1-2-16-11-14(9-13(16)10-15-12-3-4-12)21(18,19)17-5-7-20-8-6-17/h9,11-12,15H,2-8,10H2,1H3. The SMILES string of the molecule is CCn1cc(S(=O)(=O)N2CCSCC2)cc1CNC1CC1. The third kappa shape index (κ3) is 3.47. The van der Waals surface area contributed by atoms with E-state index in [1.165, 1.54) is 12.8 Å². The molecule has 0 atom stereocenters. The average Bonchev–Trinajstić information content (AvgIpc) is 3.24. The van der Waals surface area contributed by atoms with Crippen molar-refractivity contribution < 1.29 is 8.42 Å². The molecular formula is C14H23N3O2S2. The first-order valence-electron chi connectivity index (χ1n) is 7.61. The third-order valence-corrected chi connectivity index (χ3v) is 6.87. The molecule has 2 heterocycles. The Morgan fingerprint density at radius 1 is 1.33 bits per heavy atom. The monoisotopic (exact) mass is 329 g/mol. The first-order chi connectivity index (χ1) is 10.1. The molecule has 1 saturated carbocycles. The van der Waals surface area contributed by atoms with Gasteiger partial charge in [0.25, 0.3) is 0 Å². The van der Waals surface area contributed by atoms with Gasteiger partial charge >= 0.3 is 0 Å². The van der Waals surface area contributed by atoms with Gasteiger partial charge in [0.05, 0.1) is 0 Å². The Bertz CT molecular complexity index is 587. The first kappa shape index (κ1) is 15.4. The zero-order valence-corrected chi connectivity index (χ0v) is 14.0. The molecule has 7 heteroatoms. The van der Waals surface area contributed by atoms with E-state index in [0.29, 0.717) is 24.0 Å². The van der Waals surface area contributed by atoms with Crippen LogP contribution in [0.2, 0.25) is 0 Å². The molecule has 1 saturated heterocycles. The summed E-state index contributed by atoms with van der Waals surface area (Å²) in [5.74, 6) is 1.79. The van der Waals surface area contributed by atoms with Crippen molar-refractivity contribution in [1.82, 2.24) is 14.2 Å². The molecule has 1 aromatic rings. The van der Waals surface area contributed by atoms with Crippen molar-refractivity contribution in [3.05, 3.63) is 18.0 Å². The Kier molecular flexibility index (Phi) is 4.63. The summed E-state index contributed by atoms with van der Waals surface area (Å²) in [5, 5.41) is 3.46. The molecule has 3 rings (SSSR count). The van der Waals surface area contributed by atoms with Gasteiger partial charge in [-0.05, 0) is 25.8 Å². The van der Waals surface area contributed by atoms with Crippen molar-refractivity contribution in [2.75, 3.05) is 24.6 Å². The van der Waals surface area contributed by atoms with Crippen LogP contribution in [-0.4, -0.2) is 47.9 Å². The van der Waals surface area contributed by atoms with Crippen LogP contribution in [0.15, 0.2) is 17.2 Å². The van der Waals surface area contributed by atoms with E-state index in [1.807, 2.05) is 22.4 Å². The summed E-state index contributed by atoms with van der Waals surface area (Å²) in [6.07, 6.45) is 4.27. The van der Waals surface area contributed by atoms with Crippen molar-refractivity contribution in [2.45, 2.75) is 43.8 Å². The quantitative estimate of drug-likeness (QED) is 0.859. The third-order valence-electron chi connectivity index (χ3n) is 4.06. The van der Waals surface area contributed by atoms with Gasteiger partial charge in [-0.3, -0.25) is 0 Å². The lowest BCUT2D eigenvalue weighted by Crippen LogP contribution is -2.37. The maximum absolute atomic E-state index is 12.7. The number of rotatable bonds is 6. The normalized spacial score (nSPS) is 20.8. The van der Waals surface area contributed by atoms with Crippen molar-refractivity contribution in [3.8, 4) is 0 Å². The summed E-state index contributed by atoms with van der Waals surface area (Å²) in [4.78, 5) is 0.448. The minimum atomic E-state index is -3.33. The number of nitrogens with zero attached hydrogens (tertiary/aromatic N) is 2. The lowest BCUT2D eigenvalue weighted by molar-refractivity contribution is 0.443. The summed E-state index contributed by atoms with van der Waals surface area (Å²) in [7, 11) is -3.33. The molecule has 1 N–H and O–H groups in total. The topological polar surface area (TPSA) is 54.3 Å². The highest BCUT2D eigenvalue weighted by molar-refractivity contribution is 7.99. The number of aryl methyl sites for hydroxylation is 1. The minimum Gasteiger partial charge on any atom is -0.349 e. The highest BCUT2D eigenvalue weighted by Gasteiger charge is 2.28. The Morgan fingerprint density at radius 2 is 2.05 bits per heavy atom. The second kappa shape index (κ2) is 6.32. The summed E-state index contributed by atoms with van der Waals surface area (Å²) < 4.78 is 29.1. The molecule has 0 radical (unpaired) electrons. The summed E-state index contributed by atoms with van der Waals surface area (Å²) in [6.45, 7) is 4.85. The van der Waals surface area contributed by atoms with Gasteiger partial charge < -0.3 is 9.88 Å². The maximum atomic E-state index is 12.7. The predicted molar refractivity (Wildman–Crippen MR) is 86.1 cm³/mol. The van der Waals surface area contributed by atoms with Crippen LogP contribution in [0.1, 0.15) is 25.5 Å². The van der Waals surface area contributed by atoms with Crippen molar-refractivity contribution in [2.24, 2.45) is 0 Å². The smallest absolute Gasteiger partial charge is 0.244 e. The molecule has 0 aromatic carbocycles. The highest BCUT2D eigenvalue weighted by atomic mass is 32.2. The highest BCUT2D eigenvalue weighted by Crippen LogP contribution is 2.24. The molecule has 2 aliphatic rings. The van der Waals surface area contributed by atoms with E-state index in [2.05, 4.69) is 12.2 Å². The van der Waals surface area contributed by atoms with Crippen LogP contribution in [0.25, 0.3) is 0 Å². The van der Waals surface area contributed by atoms with Crippen LogP contribution in [-0.2, 0) is 23.1 Å². The van der Waals surface area contributed by atoms with Crippen molar-refractivity contribution in [3.63, 3.8) is 0 Å². The number of nitrogens with one attached hydrogen (secondary N) is 1. The largest absolute Gasteiger partial charge is 0.349 e. The van der Waals surface area contributed by atoms with Crippen LogP contribution in [0.3, 0.4) is 0 Å². The number of aromatic nitrogens is 1. The molecule has 2 fully saturated rings. The summed E-state index contributed by atoms with van der Waals surface area (Å²) >= 11 is 1.82. The van der Waals surface area contributed by atoms with Gasteiger partial charge in [0, 0.05) is 55.6 Å². The van der Waals surface area contributed by atoms with Gasteiger partial charge in [0.2, 0.25) is 10.0 Å². The van der Waals surface area contributed by atoms with E-state index in [4.69, 9.17) is 0 Å². The van der Waals surface area contributed by atoms with Crippen LogP contribution in [0.5, 0.6) is 0 Å². The minimum absolute atomic E-state index is 0.448. The van der Waals surface area contributed by atoms with Crippen molar-refractivity contribution >= 4 is 21.8 Å². The molecule has 1 aliphatic heterocycles. The number of hydrogen-bond donors (Lipinski definition) is 1. The lowest BCUT2D eigenvalue weighted by atomic mass is 10.4. The first-order valence-corrected chi connectivity index (χ1v) is 10.2. The molecule has 0 amide bonds. The van der Waals surface area contributed by atoms with E-state index in [9.17, 15) is 8.42 Å². The molecule has 0 spiro atoms. The molecule has 1 aromatic heterocycles. The van der Waals surface area contributed by atoms with Crippen LogP contribution >= 0.6 is 11.8 Å². The summed E-state index contributed by atoms with van der Waals surface area (Å²) in [6, 6.07) is 2.47. The fourth-order valence-corrected chi connectivity index (χ4v) is 5.22. The number of thioether (sulfide) groups is 1. The zero-order valence-electron chi connectivity index (χ0n) is 12.4. The Labute approximate surface area is 131 Å². The van der Waals surface area contributed by atoms with Gasteiger partial charge in [-0.1, -0.05) is 0 Å². The predicted octanol–water partition coefficient (Wildman–Crippen LogP) is 1.50. The zero-order chi connectivity index (χ0) is 14.9. The molecule has 5 nitrogen and oxygen atoms in total. The van der Waals surface area contributed by atoms with E-state index in [0.717, 1.165) is 30.3 Å². The van der Waals surface area contributed by atoms with E-state index < -0.39 is 10.0 Å². The second-order valence-corrected chi connectivity index (χ2v) is 8.79. The van der Waals surface area contributed by atoms with Gasteiger partial charge in [0.15, 0.2) is 0 Å².